The molecule has 1 saturated heterocycles. The summed E-state index contributed by atoms with van der Waals surface area (Å²) < 4.78 is 7.21. The lowest BCUT2D eigenvalue weighted by Gasteiger charge is -2.23. The van der Waals surface area contributed by atoms with Gasteiger partial charge in [-0.2, -0.15) is 5.10 Å². The number of rotatable bonds is 6. The molecule has 1 aromatic carbocycles. The molecule has 2 aromatic rings. The van der Waals surface area contributed by atoms with Crippen molar-refractivity contribution < 1.29 is 4.74 Å². The van der Waals surface area contributed by atoms with Gasteiger partial charge in [-0.3, -0.25) is 4.79 Å². The Morgan fingerprint density at radius 2 is 2.12 bits per heavy atom. The average molecular weight is 327 g/mol. The second-order valence-corrected chi connectivity index (χ2v) is 6.38. The normalized spacial score (nSPS) is 17.6. The molecular formula is C19H25N3O2. The molecule has 3 rings (SSSR count). The topological polar surface area (TPSA) is 47.4 Å². The van der Waals surface area contributed by atoms with Gasteiger partial charge in [0.2, 0.25) is 0 Å². The number of benzene rings is 1. The van der Waals surface area contributed by atoms with Crippen LogP contribution >= 0.6 is 0 Å². The predicted octanol–water partition coefficient (Wildman–Crippen LogP) is 2.49. The summed E-state index contributed by atoms with van der Waals surface area (Å²) in [5, 5.41) is 4.33. The first kappa shape index (κ1) is 16.7. The van der Waals surface area contributed by atoms with E-state index in [0.29, 0.717) is 6.54 Å². The van der Waals surface area contributed by atoms with Crippen LogP contribution in [0.3, 0.4) is 0 Å². The maximum Gasteiger partial charge on any atom is 0.268 e. The van der Waals surface area contributed by atoms with Crippen molar-refractivity contribution in [2.24, 2.45) is 0 Å². The highest BCUT2D eigenvalue weighted by atomic mass is 16.5. The van der Waals surface area contributed by atoms with E-state index >= 15 is 0 Å². The average Bonchev–Trinajstić information content (AvgIpc) is 2.63. The highest BCUT2D eigenvalue weighted by molar-refractivity contribution is 5.42. The third-order valence-corrected chi connectivity index (χ3v) is 4.53. The zero-order valence-electron chi connectivity index (χ0n) is 14.2. The third kappa shape index (κ3) is 4.45. The maximum absolute atomic E-state index is 12.3. The lowest BCUT2D eigenvalue weighted by molar-refractivity contribution is 0.00315. The number of hydrogen-bond donors (Lipinski definition) is 0. The first-order chi connectivity index (χ1) is 11.7. The molecule has 0 saturated carbocycles. The quantitative estimate of drug-likeness (QED) is 0.818. The van der Waals surface area contributed by atoms with Crippen LogP contribution in [0.15, 0.2) is 47.4 Å². The van der Waals surface area contributed by atoms with Crippen LogP contribution < -0.4 is 10.5 Å². The highest BCUT2D eigenvalue weighted by Gasteiger charge is 2.16. The summed E-state index contributed by atoms with van der Waals surface area (Å²) in [7, 11) is 1.99. The van der Waals surface area contributed by atoms with Crippen LogP contribution in [0.5, 0.6) is 0 Å². The largest absolute Gasteiger partial charge is 0.376 e. The van der Waals surface area contributed by atoms with Gasteiger partial charge in [0.1, 0.15) is 0 Å². The Hall–Kier alpha value is -2.14. The fraction of sp³-hybridized carbons (Fsp3) is 0.474. The summed E-state index contributed by atoms with van der Waals surface area (Å²) in [5.74, 6) is 0. The second kappa shape index (κ2) is 8.11. The van der Waals surface area contributed by atoms with Crippen molar-refractivity contribution in [3.05, 3.63) is 58.5 Å². The summed E-state index contributed by atoms with van der Waals surface area (Å²) >= 11 is 0. The number of hydrogen-bond acceptors (Lipinski definition) is 4. The standard InChI is InChI=1S/C19H25N3O2/c1-21(11-10-16-7-3-2-4-8-16)17-13-19(23)22(20-14-17)15-18-9-5-6-12-24-18/h2-4,7-8,13-14,18H,5-6,9-12,15H2,1H3/t18-/m1/s1. The van der Waals surface area contributed by atoms with Gasteiger partial charge in [-0.15, -0.1) is 0 Å². The van der Waals surface area contributed by atoms with E-state index in [1.54, 1.807) is 12.3 Å². The molecule has 0 radical (unpaired) electrons. The molecule has 0 aliphatic carbocycles. The number of aromatic nitrogens is 2. The molecule has 0 spiro atoms. The van der Waals surface area contributed by atoms with E-state index in [-0.39, 0.29) is 11.7 Å². The van der Waals surface area contributed by atoms with Crippen LogP contribution in [0, 0.1) is 0 Å². The molecule has 5 heteroatoms. The van der Waals surface area contributed by atoms with E-state index in [1.165, 1.54) is 16.7 Å². The van der Waals surface area contributed by atoms with Gasteiger partial charge in [0.15, 0.2) is 0 Å². The van der Waals surface area contributed by atoms with Crippen LogP contribution in [-0.4, -0.2) is 36.1 Å². The third-order valence-electron chi connectivity index (χ3n) is 4.53. The Morgan fingerprint density at radius 3 is 2.83 bits per heavy atom. The first-order valence-electron chi connectivity index (χ1n) is 8.66. The lowest BCUT2D eigenvalue weighted by atomic mass is 10.1. The van der Waals surface area contributed by atoms with Crippen molar-refractivity contribution in [2.75, 3.05) is 25.1 Å². The van der Waals surface area contributed by atoms with Crippen molar-refractivity contribution in [3.8, 4) is 0 Å². The maximum atomic E-state index is 12.3. The van der Waals surface area contributed by atoms with Crippen molar-refractivity contribution in [1.29, 1.82) is 0 Å². The van der Waals surface area contributed by atoms with Gasteiger partial charge in [0.05, 0.1) is 24.5 Å². The van der Waals surface area contributed by atoms with Gasteiger partial charge in [0, 0.05) is 26.3 Å². The van der Waals surface area contributed by atoms with Gasteiger partial charge in [-0.05, 0) is 31.2 Å². The van der Waals surface area contributed by atoms with Crippen LogP contribution in [0.4, 0.5) is 5.69 Å². The highest BCUT2D eigenvalue weighted by Crippen LogP contribution is 2.14. The molecular weight excluding hydrogens is 302 g/mol. The summed E-state index contributed by atoms with van der Waals surface area (Å²) in [5.41, 5.74) is 2.09. The molecule has 2 heterocycles. The zero-order chi connectivity index (χ0) is 16.8. The van der Waals surface area contributed by atoms with E-state index in [2.05, 4.69) is 22.1 Å². The number of ether oxygens (including phenoxy) is 1. The van der Waals surface area contributed by atoms with E-state index in [0.717, 1.165) is 38.1 Å². The van der Waals surface area contributed by atoms with E-state index in [1.807, 2.05) is 25.2 Å². The summed E-state index contributed by atoms with van der Waals surface area (Å²) in [6.07, 6.45) is 6.12. The molecule has 128 valence electrons. The van der Waals surface area contributed by atoms with Gasteiger partial charge in [-0.25, -0.2) is 4.68 Å². The Balaban J connectivity index is 1.59. The van der Waals surface area contributed by atoms with Crippen molar-refractivity contribution in [2.45, 2.75) is 38.3 Å². The second-order valence-electron chi connectivity index (χ2n) is 6.38. The van der Waals surface area contributed by atoms with Crippen LogP contribution in [-0.2, 0) is 17.7 Å². The summed E-state index contributed by atoms with van der Waals surface area (Å²) in [4.78, 5) is 14.4. The molecule has 1 fully saturated rings. The van der Waals surface area contributed by atoms with Gasteiger partial charge in [-0.1, -0.05) is 30.3 Å². The lowest BCUT2D eigenvalue weighted by Crippen LogP contribution is -2.32. The van der Waals surface area contributed by atoms with Crippen molar-refractivity contribution >= 4 is 5.69 Å². The Kier molecular flexibility index (Phi) is 5.64. The molecule has 1 aromatic heterocycles. The molecule has 0 amide bonds. The molecule has 0 bridgehead atoms. The molecule has 24 heavy (non-hydrogen) atoms. The summed E-state index contributed by atoms with van der Waals surface area (Å²) in [6.45, 7) is 2.19. The monoisotopic (exact) mass is 327 g/mol. The molecule has 0 unspecified atom stereocenters. The van der Waals surface area contributed by atoms with Crippen LogP contribution in [0.1, 0.15) is 24.8 Å². The van der Waals surface area contributed by atoms with E-state index in [9.17, 15) is 4.79 Å². The zero-order valence-corrected chi connectivity index (χ0v) is 14.2. The fourth-order valence-corrected chi connectivity index (χ4v) is 2.98. The fourth-order valence-electron chi connectivity index (χ4n) is 2.98. The SMILES string of the molecule is CN(CCc1ccccc1)c1cnn(C[C@H]2CCCCO2)c(=O)c1. The van der Waals surface area contributed by atoms with Crippen molar-refractivity contribution in [3.63, 3.8) is 0 Å². The van der Waals surface area contributed by atoms with Crippen LogP contribution in [0.2, 0.25) is 0 Å². The Morgan fingerprint density at radius 1 is 1.29 bits per heavy atom. The van der Waals surface area contributed by atoms with Gasteiger partial charge >= 0.3 is 0 Å². The van der Waals surface area contributed by atoms with Gasteiger partial charge < -0.3 is 9.64 Å². The van der Waals surface area contributed by atoms with Crippen molar-refractivity contribution in [1.82, 2.24) is 9.78 Å². The number of likely N-dealkylation sites (N-methyl/N-ethyl adjacent to an activating group) is 1. The number of nitrogens with zero attached hydrogens (tertiary/aromatic N) is 3. The summed E-state index contributed by atoms with van der Waals surface area (Å²) in [6, 6.07) is 12.0. The minimum atomic E-state index is -0.0618. The first-order valence-corrected chi connectivity index (χ1v) is 8.66. The molecule has 5 nitrogen and oxygen atoms in total. The van der Waals surface area contributed by atoms with Gasteiger partial charge in [0.25, 0.3) is 5.56 Å². The minimum Gasteiger partial charge on any atom is -0.376 e. The minimum absolute atomic E-state index is 0.0618. The Bertz CT molecular complexity index is 693. The van der Waals surface area contributed by atoms with Crippen LogP contribution in [0.25, 0.3) is 0 Å². The van der Waals surface area contributed by atoms with E-state index < -0.39 is 0 Å². The molecule has 1 aliphatic heterocycles. The molecule has 1 atom stereocenters. The Labute approximate surface area is 142 Å². The molecule has 0 N–H and O–H groups in total. The molecule has 1 aliphatic rings. The van der Waals surface area contributed by atoms with E-state index in [4.69, 9.17) is 4.74 Å². The number of anilines is 1. The predicted molar refractivity (Wildman–Crippen MR) is 95.5 cm³/mol. The smallest absolute Gasteiger partial charge is 0.268 e.